The van der Waals surface area contributed by atoms with Crippen LogP contribution in [-0.4, -0.2) is 17.0 Å². The number of aliphatic hydroxyl groups excluding tert-OH is 1. The van der Waals surface area contributed by atoms with Crippen LogP contribution in [0.1, 0.15) is 91.9 Å². The Hall–Kier alpha value is -0.370. The molecule has 1 N–H and O–H groups in total. The fraction of sp³-hybridized carbons (Fsp3) is 0.955. The van der Waals surface area contributed by atoms with Crippen molar-refractivity contribution in [2.24, 2.45) is 34.5 Å². The molecule has 4 aliphatic carbocycles. The topological polar surface area (TPSA) is 37.3 Å². The lowest BCUT2D eigenvalue weighted by Gasteiger charge is -2.59. The van der Waals surface area contributed by atoms with E-state index in [1.54, 1.807) is 13.8 Å². The first-order chi connectivity index (χ1) is 11.3. The Bertz CT molecular complexity index is 468. The van der Waals surface area contributed by atoms with Gasteiger partial charge in [0.1, 0.15) is 5.78 Å². The van der Waals surface area contributed by atoms with Crippen LogP contribution >= 0.6 is 0 Å². The molecule has 6 atom stereocenters. The summed E-state index contributed by atoms with van der Waals surface area (Å²) < 4.78 is 0. The molecule has 0 spiro atoms. The maximum atomic E-state index is 11.9. The van der Waals surface area contributed by atoms with Gasteiger partial charge in [-0.3, -0.25) is 4.79 Å². The molecule has 0 aromatic rings. The molecule has 4 rings (SSSR count). The van der Waals surface area contributed by atoms with Gasteiger partial charge < -0.3 is 5.11 Å². The molecule has 0 aliphatic heterocycles. The van der Waals surface area contributed by atoms with Crippen LogP contribution in [0.25, 0.3) is 0 Å². The molecular formula is C22H38O2. The van der Waals surface area contributed by atoms with E-state index in [0.29, 0.717) is 16.6 Å². The van der Waals surface area contributed by atoms with Crippen LogP contribution in [0.4, 0.5) is 0 Å². The third-order valence-corrected chi connectivity index (χ3v) is 8.26. The van der Waals surface area contributed by atoms with Crippen molar-refractivity contribution in [3.63, 3.8) is 0 Å². The van der Waals surface area contributed by atoms with E-state index in [1.165, 1.54) is 51.4 Å². The van der Waals surface area contributed by atoms with E-state index < -0.39 is 0 Å². The van der Waals surface area contributed by atoms with Gasteiger partial charge in [-0.15, -0.1) is 0 Å². The highest BCUT2D eigenvalue weighted by Crippen LogP contribution is 2.65. The zero-order chi connectivity index (χ0) is 17.5. The van der Waals surface area contributed by atoms with Crippen LogP contribution in [0.2, 0.25) is 0 Å². The summed E-state index contributed by atoms with van der Waals surface area (Å²) in [6.45, 7) is 8.58. The van der Waals surface area contributed by atoms with E-state index in [0.717, 1.165) is 36.5 Å². The van der Waals surface area contributed by atoms with E-state index >= 15 is 0 Å². The van der Waals surface area contributed by atoms with Gasteiger partial charge in [-0.05, 0) is 93.3 Å². The van der Waals surface area contributed by atoms with Crippen LogP contribution < -0.4 is 0 Å². The number of rotatable bonds is 0. The predicted molar refractivity (Wildman–Crippen MR) is 98.7 cm³/mol. The molecule has 4 fully saturated rings. The predicted octanol–water partition coefficient (Wildman–Crippen LogP) is 5.38. The van der Waals surface area contributed by atoms with Gasteiger partial charge in [0.2, 0.25) is 0 Å². The van der Waals surface area contributed by atoms with Crippen LogP contribution in [-0.2, 0) is 4.79 Å². The monoisotopic (exact) mass is 334 g/mol. The normalized spacial score (nSPS) is 47.3. The summed E-state index contributed by atoms with van der Waals surface area (Å²) in [7, 11) is 0. The Morgan fingerprint density at radius 2 is 1.71 bits per heavy atom. The molecule has 2 heteroatoms. The van der Waals surface area contributed by atoms with Crippen LogP contribution in [0.3, 0.4) is 0 Å². The molecule has 4 saturated carbocycles. The minimum absolute atomic E-state index is 0.167. The third-order valence-electron chi connectivity index (χ3n) is 8.26. The summed E-state index contributed by atoms with van der Waals surface area (Å²) in [6, 6.07) is 0. The zero-order valence-corrected chi connectivity index (χ0v) is 16.3. The molecule has 24 heavy (non-hydrogen) atoms. The highest BCUT2D eigenvalue weighted by Gasteiger charge is 2.57. The Labute approximate surface area is 148 Å². The summed E-state index contributed by atoms with van der Waals surface area (Å²) in [6.07, 6.45) is 13.0. The summed E-state index contributed by atoms with van der Waals surface area (Å²) in [5, 5.41) is 8.06. The average molecular weight is 335 g/mol. The number of fused-ring (bicyclic) bond motifs is 5. The number of carbonyl (C=O) groups excluding carboxylic acids is 1. The maximum Gasteiger partial charge on any atom is 0.133 e. The van der Waals surface area contributed by atoms with Crippen molar-refractivity contribution in [1.29, 1.82) is 0 Å². The number of ketones is 1. The second kappa shape index (κ2) is 6.74. The summed E-state index contributed by atoms with van der Waals surface area (Å²) in [5.41, 5.74) is 1.18. The molecule has 138 valence electrons. The third kappa shape index (κ3) is 3.20. The number of aliphatic hydroxyl groups is 1. The molecule has 0 radical (unpaired) electrons. The Balaban J connectivity index is 0.000000383. The largest absolute Gasteiger partial charge is 0.394 e. The highest BCUT2D eigenvalue weighted by atomic mass is 16.3. The van der Waals surface area contributed by atoms with E-state index in [9.17, 15) is 4.79 Å². The van der Waals surface area contributed by atoms with E-state index in [2.05, 4.69) is 13.8 Å². The fourth-order valence-corrected chi connectivity index (χ4v) is 7.04. The van der Waals surface area contributed by atoms with Crippen LogP contribution in [0.5, 0.6) is 0 Å². The van der Waals surface area contributed by atoms with Crippen molar-refractivity contribution in [2.45, 2.75) is 98.0 Å². The van der Waals surface area contributed by atoms with Crippen molar-refractivity contribution in [2.75, 3.05) is 0 Å². The molecule has 2 nitrogen and oxygen atoms in total. The minimum atomic E-state index is -0.167. The molecule has 4 aliphatic rings. The zero-order valence-electron chi connectivity index (χ0n) is 16.3. The number of hydrogen-bond donors (Lipinski definition) is 1. The van der Waals surface area contributed by atoms with Gasteiger partial charge in [-0.1, -0.05) is 20.3 Å². The molecule has 0 heterocycles. The van der Waals surface area contributed by atoms with Crippen molar-refractivity contribution in [3.05, 3.63) is 0 Å². The summed E-state index contributed by atoms with van der Waals surface area (Å²) >= 11 is 0. The van der Waals surface area contributed by atoms with Crippen LogP contribution in [0.15, 0.2) is 0 Å². The molecule has 0 saturated heterocycles. The lowest BCUT2D eigenvalue weighted by molar-refractivity contribution is -0.137. The van der Waals surface area contributed by atoms with Gasteiger partial charge >= 0.3 is 0 Å². The van der Waals surface area contributed by atoms with Gasteiger partial charge in [0, 0.05) is 18.9 Å². The molecular weight excluding hydrogens is 296 g/mol. The SMILES string of the molecule is CC(C)O.C[C@@]12CCC[C@H]1[C@@H]1CC[C@H]3CC(=O)CC[C@]3(C)[C@H]1CC2. The molecule has 0 bridgehead atoms. The van der Waals surface area contributed by atoms with Gasteiger partial charge in [0.25, 0.3) is 0 Å². The molecule has 0 aromatic heterocycles. The minimum Gasteiger partial charge on any atom is -0.394 e. The maximum absolute atomic E-state index is 11.9. The van der Waals surface area contributed by atoms with Crippen molar-refractivity contribution < 1.29 is 9.90 Å². The smallest absolute Gasteiger partial charge is 0.133 e. The van der Waals surface area contributed by atoms with Crippen LogP contribution in [0, 0.1) is 34.5 Å². The van der Waals surface area contributed by atoms with Gasteiger partial charge in [0.15, 0.2) is 0 Å². The van der Waals surface area contributed by atoms with Crippen molar-refractivity contribution in [1.82, 2.24) is 0 Å². The summed E-state index contributed by atoms with van der Waals surface area (Å²) in [5.74, 6) is 4.20. The molecule has 0 aromatic carbocycles. The van der Waals surface area contributed by atoms with E-state index in [-0.39, 0.29) is 6.10 Å². The Kier molecular flexibility index (Phi) is 5.17. The first kappa shape index (κ1) is 18.4. The number of Topliss-reactive ketones (excluding diaryl/α,β-unsaturated/α-hetero) is 1. The number of carbonyl (C=O) groups is 1. The van der Waals surface area contributed by atoms with E-state index in [1.807, 2.05) is 0 Å². The molecule has 0 amide bonds. The first-order valence-electron chi connectivity index (χ1n) is 10.5. The Morgan fingerprint density at radius 1 is 1.00 bits per heavy atom. The highest BCUT2D eigenvalue weighted by molar-refractivity contribution is 5.79. The quantitative estimate of drug-likeness (QED) is 0.646. The molecule has 0 unspecified atom stereocenters. The van der Waals surface area contributed by atoms with Gasteiger partial charge in [-0.2, -0.15) is 0 Å². The Morgan fingerprint density at radius 3 is 2.42 bits per heavy atom. The lowest BCUT2D eigenvalue weighted by Crippen LogP contribution is -2.52. The van der Waals surface area contributed by atoms with Crippen molar-refractivity contribution >= 4 is 5.78 Å². The van der Waals surface area contributed by atoms with E-state index in [4.69, 9.17) is 5.11 Å². The fourth-order valence-electron chi connectivity index (χ4n) is 7.04. The van der Waals surface area contributed by atoms with Gasteiger partial charge in [-0.25, -0.2) is 0 Å². The number of hydrogen-bond acceptors (Lipinski definition) is 2. The van der Waals surface area contributed by atoms with Crippen molar-refractivity contribution in [3.8, 4) is 0 Å². The van der Waals surface area contributed by atoms with Gasteiger partial charge in [0.05, 0.1) is 0 Å². The standard InChI is InChI=1S/C19H30O.C3H8O/c1-18-9-3-4-16(18)15-6-5-13-12-14(20)7-11-19(13,2)17(15)8-10-18;1-3(2)4/h13,15-17H,3-12H2,1-2H3;3-4H,1-2H3/t13-,15-,16-,17-,18-,19-;/m0./s1. The summed E-state index contributed by atoms with van der Waals surface area (Å²) in [4.78, 5) is 11.9. The average Bonchev–Trinajstić information content (AvgIpc) is 2.89. The lowest BCUT2D eigenvalue weighted by atomic mass is 9.45. The second-order valence-corrected chi connectivity index (χ2v) is 10.1. The first-order valence-corrected chi connectivity index (χ1v) is 10.5. The second-order valence-electron chi connectivity index (χ2n) is 10.1.